The number of nitrogens with one attached hydrogen (secondary N) is 2. The Morgan fingerprint density at radius 2 is 1.52 bits per heavy atom. The lowest BCUT2D eigenvalue weighted by molar-refractivity contribution is -0.119. The summed E-state index contributed by atoms with van der Waals surface area (Å²) in [6.07, 6.45) is 2.01. The molecule has 0 aromatic heterocycles. The topological polar surface area (TPSA) is 126 Å². The molecule has 0 atom stereocenters. The van der Waals surface area contributed by atoms with Crippen LogP contribution in [0.25, 0.3) is 0 Å². The summed E-state index contributed by atoms with van der Waals surface area (Å²) in [5.74, 6) is 0.241. The molecule has 2 N–H and O–H groups in total. The van der Waals surface area contributed by atoms with E-state index < -0.39 is 22.5 Å². The molecule has 4 aromatic rings. The Kier molecular flexibility index (Phi) is 10.7. The average molecular weight is 615 g/mol. The van der Waals surface area contributed by atoms with Crippen LogP contribution in [0.15, 0.2) is 107 Å². The van der Waals surface area contributed by atoms with Gasteiger partial charge < -0.3 is 14.8 Å². The number of anilines is 2. The number of ether oxygens (including phenoxy) is 2. The summed E-state index contributed by atoms with van der Waals surface area (Å²) in [7, 11) is -2.47. The van der Waals surface area contributed by atoms with Gasteiger partial charge in [0.1, 0.15) is 18.0 Å². The number of hydrazone groups is 1. The molecule has 0 bridgehead atoms. The Morgan fingerprint density at radius 1 is 0.864 bits per heavy atom. The van der Waals surface area contributed by atoms with Crippen LogP contribution in [-0.2, 0) is 26.0 Å². The summed E-state index contributed by atoms with van der Waals surface area (Å²) in [6, 6.07) is 27.3. The number of nitrogens with zero attached hydrogens (tertiary/aromatic N) is 2. The number of hydrogen-bond donors (Lipinski definition) is 2. The average Bonchev–Trinajstić information content (AvgIpc) is 3.03. The summed E-state index contributed by atoms with van der Waals surface area (Å²) in [4.78, 5) is 25.2. The third-order valence-corrected chi connectivity index (χ3v) is 8.34. The van der Waals surface area contributed by atoms with Crippen molar-refractivity contribution in [3.8, 4) is 11.5 Å². The molecule has 44 heavy (non-hydrogen) atoms. The van der Waals surface area contributed by atoms with Crippen molar-refractivity contribution < 1.29 is 27.5 Å². The molecule has 0 heterocycles. The zero-order valence-corrected chi connectivity index (χ0v) is 25.5. The maximum absolute atomic E-state index is 13.7. The van der Waals surface area contributed by atoms with Crippen LogP contribution in [0.5, 0.6) is 11.5 Å². The molecule has 0 fully saturated rings. The smallest absolute Gasteiger partial charge is 0.264 e. The zero-order valence-electron chi connectivity index (χ0n) is 24.7. The van der Waals surface area contributed by atoms with Crippen LogP contribution in [0.2, 0.25) is 0 Å². The molecule has 4 rings (SSSR count). The largest absolute Gasteiger partial charge is 0.497 e. The Morgan fingerprint density at radius 3 is 2.18 bits per heavy atom. The van der Waals surface area contributed by atoms with E-state index in [9.17, 15) is 18.0 Å². The molecule has 0 unspecified atom stereocenters. The zero-order chi connectivity index (χ0) is 31.5. The number of rotatable bonds is 13. The fourth-order valence-electron chi connectivity index (χ4n) is 4.21. The van der Waals surface area contributed by atoms with E-state index in [1.807, 2.05) is 26.0 Å². The van der Waals surface area contributed by atoms with Gasteiger partial charge in [0.25, 0.3) is 21.8 Å². The Hall–Kier alpha value is -5.16. The van der Waals surface area contributed by atoms with Crippen molar-refractivity contribution >= 4 is 39.4 Å². The minimum Gasteiger partial charge on any atom is -0.497 e. The first-order valence-corrected chi connectivity index (χ1v) is 15.3. The molecule has 228 valence electrons. The van der Waals surface area contributed by atoms with E-state index in [4.69, 9.17) is 9.47 Å². The first-order chi connectivity index (χ1) is 21.2. The third-order valence-electron chi connectivity index (χ3n) is 6.56. The quantitative estimate of drug-likeness (QED) is 0.163. The molecule has 0 saturated carbocycles. The number of amides is 2. The van der Waals surface area contributed by atoms with Crippen molar-refractivity contribution in [1.82, 2.24) is 5.43 Å². The number of methoxy groups -OCH3 is 1. The maximum Gasteiger partial charge on any atom is 0.264 e. The van der Waals surface area contributed by atoms with Crippen molar-refractivity contribution in [2.75, 3.05) is 29.9 Å². The number of carbonyl (C=O) groups excluding carboxylic acids is 2. The summed E-state index contributed by atoms with van der Waals surface area (Å²) >= 11 is 0. The molecular formula is C33H34N4O6S. The molecule has 0 saturated heterocycles. The van der Waals surface area contributed by atoms with Gasteiger partial charge in [0, 0.05) is 5.69 Å². The third kappa shape index (κ3) is 8.45. The van der Waals surface area contributed by atoms with Crippen molar-refractivity contribution in [3.05, 3.63) is 114 Å². The monoisotopic (exact) mass is 614 g/mol. The van der Waals surface area contributed by atoms with E-state index in [0.717, 1.165) is 15.4 Å². The second-order valence-electron chi connectivity index (χ2n) is 9.73. The number of benzene rings is 4. The van der Waals surface area contributed by atoms with Gasteiger partial charge in [0.15, 0.2) is 6.61 Å². The minimum atomic E-state index is -4.04. The van der Waals surface area contributed by atoms with Gasteiger partial charge in [-0.2, -0.15) is 5.10 Å². The molecule has 4 aromatic carbocycles. The van der Waals surface area contributed by atoms with Crippen LogP contribution >= 0.6 is 0 Å². The first-order valence-electron chi connectivity index (χ1n) is 13.9. The van der Waals surface area contributed by atoms with Gasteiger partial charge in [-0.25, -0.2) is 13.8 Å². The molecule has 0 aliphatic carbocycles. The van der Waals surface area contributed by atoms with Crippen molar-refractivity contribution in [1.29, 1.82) is 0 Å². The Bertz CT molecular complexity index is 1700. The number of carbonyl (C=O) groups is 2. The molecule has 0 aliphatic rings. The van der Waals surface area contributed by atoms with Crippen LogP contribution in [0.1, 0.15) is 23.6 Å². The summed E-state index contributed by atoms with van der Waals surface area (Å²) in [5.41, 5.74) is 5.84. The van der Waals surface area contributed by atoms with Gasteiger partial charge >= 0.3 is 0 Å². The van der Waals surface area contributed by atoms with E-state index in [0.29, 0.717) is 34.9 Å². The molecule has 0 radical (unpaired) electrons. The first kappa shape index (κ1) is 31.8. The fourth-order valence-corrected chi connectivity index (χ4v) is 5.66. The van der Waals surface area contributed by atoms with Crippen LogP contribution < -0.4 is 24.5 Å². The van der Waals surface area contributed by atoms with Crippen molar-refractivity contribution in [2.24, 2.45) is 5.10 Å². The van der Waals surface area contributed by atoms with E-state index in [1.165, 1.54) is 18.3 Å². The van der Waals surface area contributed by atoms with Crippen LogP contribution in [-0.4, -0.2) is 46.7 Å². The van der Waals surface area contributed by atoms with E-state index in [2.05, 4.69) is 15.8 Å². The second kappa shape index (κ2) is 14.8. The van der Waals surface area contributed by atoms with Gasteiger partial charge in [-0.1, -0.05) is 42.8 Å². The van der Waals surface area contributed by atoms with Crippen molar-refractivity contribution in [2.45, 2.75) is 25.2 Å². The number of hydrogen-bond acceptors (Lipinski definition) is 7. The molecule has 10 nitrogen and oxygen atoms in total. The lowest BCUT2D eigenvalue weighted by Gasteiger charge is -2.25. The number of para-hydroxylation sites is 1. The fraction of sp³-hybridized carbons (Fsp3) is 0.182. The normalized spacial score (nSPS) is 11.2. The maximum atomic E-state index is 13.7. The van der Waals surface area contributed by atoms with Gasteiger partial charge in [-0.05, 0) is 91.2 Å². The highest BCUT2D eigenvalue weighted by Gasteiger charge is 2.28. The van der Waals surface area contributed by atoms with Gasteiger partial charge in [-0.15, -0.1) is 0 Å². The lowest BCUT2D eigenvalue weighted by Crippen LogP contribution is -2.40. The highest BCUT2D eigenvalue weighted by molar-refractivity contribution is 7.92. The lowest BCUT2D eigenvalue weighted by atomic mass is 10.1. The summed E-state index contributed by atoms with van der Waals surface area (Å²) in [5, 5.41) is 6.74. The highest BCUT2D eigenvalue weighted by Crippen LogP contribution is 2.27. The SMILES string of the molecule is CCc1ccccc1N(CC(=O)N/N=C\c1ccc(OCC(=O)Nc2ccc(OC)cc2)cc1)S(=O)(=O)c1ccc(C)cc1. The van der Waals surface area contributed by atoms with Crippen LogP contribution in [0.3, 0.4) is 0 Å². The van der Waals surface area contributed by atoms with Gasteiger partial charge in [-0.3, -0.25) is 13.9 Å². The number of aryl methyl sites for hydroxylation is 2. The van der Waals surface area contributed by atoms with Crippen LogP contribution in [0, 0.1) is 6.92 Å². The second-order valence-corrected chi connectivity index (χ2v) is 11.6. The van der Waals surface area contributed by atoms with Crippen molar-refractivity contribution in [3.63, 3.8) is 0 Å². The van der Waals surface area contributed by atoms with Gasteiger partial charge in [0.2, 0.25) is 0 Å². The minimum absolute atomic E-state index is 0.0887. The van der Waals surface area contributed by atoms with E-state index in [1.54, 1.807) is 79.9 Å². The highest BCUT2D eigenvalue weighted by atomic mass is 32.2. The molecule has 0 spiro atoms. The van der Waals surface area contributed by atoms with E-state index in [-0.39, 0.29) is 17.4 Å². The van der Waals surface area contributed by atoms with E-state index >= 15 is 0 Å². The van der Waals surface area contributed by atoms with Gasteiger partial charge in [0.05, 0.1) is 23.9 Å². The molecule has 0 aliphatic heterocycles. The standard InChI is InChI=1S/C33H34N4O6S/c1-4-26-7-5-6-8-31(26)37(44(40,41)30-19-9-24(2)10-20-30)22-32(38)36-34-21-25-11-15-29(16-12-25)43-23-33(39)35-27-13-17-28(42-3)18-14-27/h5-21H,4,22-23H2,1-3H3,(H,35,39)(H,36,38)/b34-21-. The predicted molar refractivity (Wildman–Crippen MR) is 171 cm³/mol. The van der Waals surface area contributed by atoms with Crippen LogP contribution in [0.4, 0.5) is 11.4 Å². The predicted octanol–water partition coefficient (Wildman–Crippen LogP) is 4.93. The molecular weight excluding hydrogens is 580 g/mol. The molecule has 2 amide bonds. The summed E-state index contributed by atoms with van der Waals surface area (Å²) in [6.45, 7) is 3.15. The molecule has 11 heteroatoms. The summed E-state index contributed by atoms with van der Waals surface area (Å²) < 4.78 is 39.1. The number of sulfonamides is 1. The Balaban J connectivity index is 1.36. The Labute approximate surface area is 257 Å².